The van der Waals surface area contributed by atoms with Gasteiger partial charge in [0.2, 0.25) is 0 Å². The van der Waals surface area contributed by atoms with Crippen LogP contribution < -0.4 is 11.1 Å². The van der Waals surface area contributed by atoms with Crippen LogP contribution in [0.3, 0.4) is 0 Å². The molecule has 5 heteroatoms. The standard InChI is InChI=1S/C12H19N3O.ClH/c13-9-4-1-2-5-10(9)15-8-12(16)11-6-3-7-14-11;/h3,6-7,9-10,14-15H,1-2,4-5,8,13H2;1H. The summed E-state index contributed by atoms with van der Waals surface area (Å²) in [5, 5.41) is 3.26. The molecular formula is C12H20ClN3O. The van der Waals surface area contributed by atoms with Crippen molar-refractivity contribution in [3.05, 3.63) is 24.0 Å². The van der Waals surface area contributed by atoms with Gasteiger partial charge in [-0.2, -0.15) is 0 Å². The molecule has 1 aliphatic carbocycles. The van der Waals surface area contributed by atoms with Crippen LogP contribution in [-0.2, 0) is 0 Å². The van der Waals surface area contributed by atoms with Crippen LogP contribution in [0.2, 0.25) is 0 Å². The molecule has 0 saturated heterocycles. The molecule has 0 spiro atoms. The fourth-order valence-corrected chi connectivity index (χ4v) is 2.24. The van der Waals surface area contributed by atoms with E-state index in [-0.39, 0.29) is 24.2 Å². The van der Waals surface area contributed by atoms with Crippen molar-refractivity contribution in [3.63, 3.8) is 0 Å². The van der Waals surface area contributed by atoms with Gasteiger partial charge in [0.1, 0.15) is 0 Å². The van der Waals surface area contributed by atoms with Crippen molar-refractivity contribution in [1.29, 1.82) is 0 Å². The minimum absolute atomic E-state index is 0. The molecule has 1 saturated carbocycles. The number of ketones is 1. The molecule has 1 fully saturated rings. The predicted octanol–water partition coefficient (Wildman–Crippen LogP) is 1.48. The van der Waals surface area contributed by atoms with E-state index in [9.17, 15) is 4.79 Å². The zero-order valence-electron chi connectivity index (χ0n) is 9.82. The molecule has 0 amide bonds. The first-order chi connectivity index (χ1) is 7.77. The number of rotatable bonds is 4. The molecule has 0 aromatic carbocycles. The molecule has 96 valence electrons. The van der Waals surface area contributed by atoms with E-state index in [1.807, 2.05) is 6.07 Å². The molecule has 2 atom stereocenters. The first-order valence-electron chi connectivity index (χ1n) is 5.93. The average Bonchev–Trinajstić information content (AvgIpc) is 2.81. The number of Topliss-reactive ketones (excluding diaryl/α,β-unsaturated/α-hetero) is 1. The summed E-state index contributed by atoms with van der Waals surface area (Å²) in [5.41, 5.74) is 6.67. The Morgan fingerprint density at radius 2 is 2.24 bits per heavy atom. The lowest BCUT2D eigenvalue weighted by Gasteiger charge is -2.29. The van der Waals surface area contributed by atoms with Crippen LogP contribution >= 0.6 is 12.4 Å². The number of aromatic nitrogens is 1. The van der Waals surface area contributed by atoms with Gasteiger partial charge in [-0.3, -0.25) is 4.79 Å². The molecule has 1 aromatic rings. The Labute approximate surface area is 108 Å². The van der Waals surface area contributed by atoms with Gasteiger partial charge in [-0.1, -0.05) is 12.8 Å². The van der Waals surface area contributed by atoms with E-state index in [1.165, 1.54) is 12.8 Å². The van der Waals surface area contributed by atoms with Gasteiger partial charge in [0.25, 0.3) is 0 Å². The fraction of sp³-hybridized carbons (Fsp3) is 0.583. The Kier molecular flexibility index (Phi) is 5.68. The van der Waals surface area contributed by atoms with Crippen LogP contribution in [0.4, 0.5) is 0 Å². The highest BCUT2D eigenvalue weighted by Crippen LogP contribution is 2.16. The van der Waals surface area contributed by atoms with E-state index in [1.54, 1.807) is 12.3 Å². The van der Waals surface area contributed by atoms with Crippen LogP contribution in [0.5, 0.6) is 0 Å². The fourth-order valence-electron chi connectivity index (χ4n) is 2.24. The molecule has 0 aliphatic heterocycles. The minimum atomic E-state index is 0. The molecule has 17 heavy (non-hydrogen) atoms. The third-order valence-electron chi connectivity index (χ3n) is 3.24. The van der Waals surface area contributed by atoms with Gasteiger partial charge in [-0.25, -0.2) is 0 Å². The van der Waals surface area contributed by atoms with E-state index in [2.05, 4.69) is 10.3 Å². The summed E-state index contributed by atoms with van der Waals surface area (Å²) in [4.78, 5) is 14.6. The van der Waals surface area contributed by atoms with Gasteiger partial charge in [0.15, 0.2) is 5.78 Å². The topological polar surface area (TPSA) is 70.9 Å². The van der Waals surface area contributed by atoms with Crippen molar-refractivity contribution in [2.24, 2.45) is 5.73 Å². The summed E-state index contributed by atoms with van der Waals surface area (Å²) >= 11 is 0. The number of H-pyrrole nitrogens is 1. The molecular weight excluding hydrogens is 238 g/mol. The zero-order valence-corrected chi connectivity index (χ0v) is 10.6. The third-order valence-corrected chi connectivity index (χ3v) is 3.24. The number of hydrogen-bond donors (Lipinski definition) is 3. The van der Waals surface area contributed by atoms with Gasteiger partial charge in [-0.15, -0.1) is 12.4 Å². The van der Waals surface area contributed by atoms with Crippen LogP contribution in [0.1, 0.15) is 36.2 Å². The highest BCUT2D eigenvalue weighted by atomic mass is 35.5. The molecule has 0 bridgehead atoms. The highest BCUT2D eigenvalue weighted by Gasteiger charge is 2.21. The van der Waals surface area contributed by atoms with E-state index in [0.29, 0.717) is 18.3 Å². The van der Waals surface area contributed by atoms with E-state index >= 15 is 0 Å². The number of carbonyl (C=O) groups is 1. The van der Waals surface area contributed by atoms with E-state index in [0.717, 1.165) is 12.8 Å². The lowest BCUT2D eigenvalue weighted by atomic mass is 9.91. The number of nitrogens with one attached hydrogen (secondary N) is 2. The van der Waals surface area contributed by atoms with Crippen molar-refractivity contribution in [1.82, 2.24) is 10.3 Å². The number of carbonyl (C=O) groups excluding carboxylic acids is 1. The Bertz CT molecular complexity index is 340. The summed E-state index contributed by atoms with van der Waals surface area (Å²) in [6.45, 7) is 0.374. The first kappa shape index (κ1) is 14.2. The SMILES string of the molecule is Cl.NC1CCCCC1NCC(=O)c1ccc[nH]1. The van der Waals surface area contributed by atoms with Crippen molar-refractivity contribution in [2.75, 3.05) is 6.54 Å². The van der Waals surface area contributed by atoms with Crippen LogP contribution in [0.15, 0.2) is 18.3 Å². The van der Waals surface area contributed by atoms with Crippen molar-refractivity contribution >= 4 is 18.2 Å². The number of aromatic amines is 1. The molecule has 0 radical (unpaired) electrons. The summed E-state index contributed by atoms with van der Waals surface area (Å²) in [7, 11) is 0. The molecule has 1 aromatic heterocycles. The maximum atomic E-state index is 11.7. The van der Waals surface area contributed by atoms with E-state index < -0.39 is 0 Å². The Morgan fingerprint density at radius 3 is 2.88 bits per heavy atom. The number of halogens is 1. The molecule has 4 N–H and O–H groups in total. The second-order valence-electron chi connectivity index (χ2n) is 4.44. The Morgan fingerprint density at radius 1 is 1.47 bits per heavy atom. The van der Waals surface area contributed by atoms with Gasteiger partial charge >= 0.3 is 0 Å². The van der Waals surface area contributed by atoms with Gasteiger partial charge in [-0.05, 0) is 25.0 Å². The predicted molar refractivity (Wildman–Crippen MR) is 70.6 cm³/mol. The smallest absolute Gasteiger partial charge is 0.192 e. The third kappa shape index (κ3) is 3.84. The summed E-state index contributed by atoms with van der Waals surface area (Å²) in [6.07, 6.45) is 6.33. The van der Waals surface area contributed by atoms with Crippen LogP contribution in [0.25, 0.3) is 0 Å². The summed E-state index contributed by atoms with van der Waals surface area (Å²) < 4.78 is 0. The van der Waals surface area contributed by atoms with Crippen LogP contribution in [-0.4, -0.2) is 29.4 Å². The summed E-state index contributed by atoms with van der Waals surface area (Å²) in [5.74, 6) is 0.0998. The van der Waals surface area contributed by atoms with Gasteiger partial charge in [0.05, 0.1) is 12.2 Å². The maximum Gasteiger partial charge on any atom is 0.192 e. The minimum Gasteiger partial charge on any atom is -0.359 e. The molecule has 1 heterocycles. The summed E-state index contributed by atoms with van der Waals surface area (Å²) in [6, 6.07) is 4.13. The van der Waals surface area contributed by atoms with E-state index in [4.69, 9.17) is 5.73 Å². The second-order valence-corrected chi connectivity index (χ2v) is 4.44. The molecule has 4 nitrogen and oxygen atoms in total. The first-order valence-corrected chi connectivity index (χ1v) is 5.93. The van der Waals surface area contributed by atoms with Crippen molar-refractivity contribution in [3.8, 4) is 0 Å². The van der Waals surface area contributed by atoms with Crippen molar-refractivity contribution in [2.45, 2.75) is 37.8 Å². The average molecular weight is 258 g/mol. The van der Waals surface area contributed by atoms with Gasteiger partial charge in [0, 0.05) is 18.3 Å². The molecule has 2 unspecified atom stereocenters. The monoisotopic (exact) mass is 257 g/mol. The lowest BCUT2D eigenvalue weighted by Crippen LogP contribution is -2.48. The van der Waals surface area contributed by atoms with Crippen LogP contribution in [0, 0.1) is 0 Å². The highest BCUT2D eigenvalue weighted by molar-refractivity contribution is 5.95. The van der Waals surface area contributed by atoms with Crippen molar-refractivity contribution < 1.29 is 4.79 Å². The Balaban J connectivity index is 0.00000144. The maximum absolute atomic E-state index is 11.7. The zero-order chi connectivity index (χ0) is 11.4. The second kappa shape index (κ2) is 6.79. The molecule has 2 rings (SSSR count). The lowest BCUT2D eigenvalue weighted by molar-refractivity contribution is 0.0979. The number of hydrogen-bond acceptors (Lipinski definition) is 3. The Hall–Kier alpha value is -0.840. The normalized spacial score (nSPS) is 24.1. The quantitative estimate of drug-likeness (QED) is 0.716. The molecule has 1 aliphatic rings. The number of nitrogens with two attached hydrogens (primary N) is 1. The van der Waals surface area contributed by atoms with Gasteiger partial charge < -0.3 is 16.0 Å². The largest absolute Gasteiger partial charge is 0.359 e.